The maximum absolute atomic E-state index is 4.00. The summed E-state index contributed by atoms with van der Waals surface area (Å²) in [5, 5.41) is 7.13. The van der Waals surface area contributed by atoms with Gasteiger partial charge in [0.1, 0.15) is 0 Å². The zero-order valence-corrected chi connectivity index (χ0v) is 14.6. The summed E-state index contributed by atoms with van der Waals surface area (Å²) in [4.78, 5) is 2.37. The Bertz CT molecular complexity index is 418. The van der Waals surface area contributed by atoms with Gasteiger partial charge in [-0.25, -0.2) is 0 Å². The van der Waals surface area contributed by atoms with Gasteiger partial charge in [-0.3, -0.25) is 0 Å². The number of nitrogens with one attached hydrogen (secondary N) is 2. The van der Waals surface area contributed by atoms with Crippen LogP contribution in [0.2, 0.25) is 0 Å². The number of hydrogen-bond acceptors (Lipinski definition) is 3. The van der Waals surface area contributed by atoms with Crippen molar-refractivity contribution >= 4 is 0 Å². The quantitative estimate of drug-likeness (QED) is 0.708. The van der Waals surface area contributed by atoms with Crippen molar-refractivity contribution in [1.29, 1.82) is 0 Å². The first kappa shape index (κ1) is 17.3. The van der Waals surface area contributed by atoms with Gasteiger partial charge in [-0.1, -0.05) is 18.7 Å². The summed E-state index contributed by atoms with van der Waals surface area (Å²) in [6, 6.07) is 0.555. The van der Waals surface area contributed by atoms with E-state index in [4.69, 9.17) is 0 Å². The summed E-state index contributed by atoms with van der Waals surface area (Å²) in [6.45, 7) is 13.1. The molecule has 2 rings (SSSR count). The molecule has 1 saturated heterocycles. The molecule has 2 N–H and O–H groups in total. The normalized spacial score (nSPS) is 27.1. The van der Waals surface area contributed by atoms with E-state index in [1.165, 1.54) is 50.2 Å². The highest BCUT2D eigenvalue weighted by atomic mass is 15.2. The van der Waals surface area contributed by atoms with Gasteiger partial charge in [0, 0.05) is 24.7 Å². The Morgan fingerprint density at radius 3 is 2.73 bits per heavy atom. The SMILES string of the molecule is C=CC1=C(/C=C\C)C(CCNCC2CCNCC2)C(C)N1C. The molecule has 3 heteroatoms. The van der Waals surface area contributed by atoms with Gasteiger partial charge in [0.2, 0.25) is 0 Å². The van der Waals surface area contributed by atoms with Crippen LogP contribution in [0.3, 0.4) is 0 Å². The van der Waals surface area contributed by atoms with Gasteiger partial charge in [0.15, 0.2) is 0 Å². The van der Waals surface area contributed by atoms with Crippen LogP contribution in [0.25, 0.3) is 0 Å². The van der Waals surface area contributed by atoms with Crippen molar-refractivity contribution < 1.29 is 0 Å². The van der Waals surface area contributed by atoms with Crippen LogP contribution >= 0.6 is 0 Å². The molecule has 2 aliphatic heterocycles. The van der Waals surface area contributed by atoms with Crippen LogP contribution in [-0.4, -0.2) is 44.2 Å². The molecule has 0 amide bonds. The fourth-order valence-corrected chi connectivity index (χ4v) is 3.84. The molecular weight excluding hydrogens is 270 g/mol. The van der Waals surface area contributed by atoms with E-state index in [1.54, 1.807) is 0 Å². The Hall–Kier alpha value is -1.06. The second-order valence-corrected chi connectivity index (χ2v) is 6.69. The van der Waals surface area contributed by atoms with Crippen molar-refractivity contribution in [3.8, 4) is 0 Å². The molecule has 2 atom stereocenters. The molecule has 0 aromatic rings. The Labute approximate surface area is 136 Å². The number of piperidine rings is 1. The predicted octanol–water partition coefficient (Wildman–Crippen LogP) is 2.93. The molecule has 2 aliphatic rings. The summed E-state index contributed by atoms with van der Waals surface area (Å²) in [5.41, 5.74) is 2.75. The van der Waals surface area contributed by atoms with Crippen LogP contribution in [0.1, 0.15) is 33.1 Å². The maximum Gasteiger partial charge on any atom is 0.0396 e. The number of likely N-dealkylation sites (N-methyl/N-ethyl adjacent to an activating group) is 1. The fraction of sp³-hybridized carbons (Fsp3) is 0.684. The Morgan fingerprint density at radius 2 is 2.09 bits per heavy atom. The van der Waals surface area contributed by atoms with Gasteiger partial charge >= 0.3 is 0 Å². The Balaban J connectivity index is 1.85. The minimum Gasteiger partial charge on any atom is -0.371 e. The van der Waals surface area contributed by atoms with Crippen LogP contribution in [0.5, 0.6) is 0 Å². The second-order valence-electron chi connectivity index (χ2n) is 6.69. The molecule has 0 aromatic heterocycles. The lowest BCUT2D eigenvalue weighted by molar-refractivity contribution is 0.292. The van der Waals surface area contributed by atoms with Crippen molar-refractivity contribution in [2.75, 3.05) is 33.2 Å². The molecule has 3 nitrogen and oxygen atoms in total. The zero-order valence-electron chi connectivity index (χ0n) is 14.6. The summed E-state index contributed by atoms with van der Waals surface area (Å²) in [5.74, 6) is 1.47. The largest absolute Gasteiger partial charge is 0.371 e. The monoisotopic (exact) mass is 303 g/mol. The lowest BCUT2D eigenvalue weighted by atomic mass is 9.91. The van der Waals surface area contributed by atoms with Gasteiger partial charge < -0.3 is 15.5 Å². The van der Waals surface area contributed by atoms with E-state index in [0.29, 0.717) is 12.0 Å². The fourth-order valence-electron chi connectivity index (χ4n) is 3.84. The van der Waals surface area contributed by atoms with Crippen molar-refractivity contribution in [2.45, 2.75) is 39.2 Å². The molecule has 124 valence electrons. The summed E-state index contributed by atoms with van der Waals surface area (Å²) >= 11 is 0. The third kappa shape index (κ3) is 4.02. The van der Waals surface area contributed by atoms with Gasteiger partial charge in [0.05, 0.1) is 0 Å². The highest BCUT2D eigenvalue weighted by Gasteiger charge is 2.32. The number of hydrogen-bond donors (Lipinski definition) is 2. The van der Waals surface area contributed by atoms with Crippen LogP contribution in [-0.2, 0) is 0 Å². The first-order valence-corrected chi connectivity index (χ1v) is 8.82. The summed E-state index contributed by atoms with van der Waals surface area (Å²) < 4.78 is 0. The van der Waals surface area contributed by atoms with Crippen LogP contribution in [0.4, 0.5) is 0 Å². The lowest BCUT2D eigenvalue weighted by Gasteiger charge is -2.26. The highest BCUT2D eigenvalue weighted by Crippen LogP contribution is 2.36. The molecule has 1 fully saturated rings. The lowest BCUT2D eigenvalue weighted by Crippen LogP contribution is -2.35. The van der Waals surface area contributed by atoms with E-state index in [2.05, 4.69) is 55.2 Å². The third-order valence-corrected chi connectivity index (χ3v) is 5.33. The molecule has 0 aromatic carbocycles. The zero-order chi connectivity index (χ0) is 15.9. The smallest absolute Gasteiger partial charge is 0.0396 e. The van der Waals surface area contributed by atoms with Crippen LogP contribution in [0.15, 0.2) is 36.1 Å². The van der Waals surface area contributed by atoms with Gasteiger partial charge in [-0.2, -0.15) is 0 Å². The molecule has 0 bridgehead atoms. The van der Waals surface area contributed by atoms with Crippen LogP contribution < -0.4 is 10.6 Å². The van der Waals surface area contributed by atoms with Crippen molar-refractivity contribution in [3.05, 3.63) is 36.1 Å². The van der Waals surface area contributed by atoms with Gasteiger partial charge in [0.25, 0.3) is 0 Å². The first-order chi connectivity index (χ1) is 10.7. The topological polar surface area (TPSA) is 27.3 Å². The van der Waals surface area contributed by atoms with E-state index in [-0.39, 0.29) is 0 Å². The average Bonchev–Trinajstić information content (AvgIpc) is 2.76. The average molecular weight is 303 g/mol. The molecule has 0 saturated carbocycles. The summed E-state index contributed by atoms with van der Waals surface area (Å²) in [7, 11) is 2.19. The second kappa shape index (κ2) is 8.54. The molecule has 22 heavy (non-hydrogen) atoms. The van der Waals surface area contributed by atoms with Crippen molar-refractivity contribution in [2.24, 2.45) is 11.8 Å². The molecular formula is C19H33N3. The van der Waals surface area contributed by atoms with E-state index in [9.17, 15) is 0 Å². The standard InChI is InChI=1S/C19H33N3/c1-5-7-18-17(15(3)22(4)19(18)6-2)10-13-21-14-16-8-11-20-12-9-16/h5-7,15-17,20-21H,2,8-14H2,1,3-4H3/b7-5-. The maximum atomic E-state index is 4.00. The minimum atomic E-state index is 0.555. The van der Waals surface area contributed by atoms with Gasteiger partial charge in [-0.05, 0) is 76.9 Å². The van der Waals surface area contributed by atoms with Gasteiger partial charge in [-0.15, -0.1) is 0 Å². The van der Waals surface area contributed by atoms with E-state index in [0.717, 1.165) is 12.5 Å². The Kier molecular flexibility index (Phi) is 6.71. The number of allylic oxidation sites excluding steroid dienone is 3. The first-order valence-electron chi connectivity index (χ1n) is 8.82. The summed E-state index contributed by atoms with van der Waals surface area (Å²) in [6.07, 6.45) is 10.3. The molecule has 0 spiro atoms. The van der Waals surface area contributed by atoms with Crippen molar-refractivity contribution in [1.82, 2.24) is 15.5 Å². The van der Waals surface area contributed by atoms with E-state index < -0.39 is 0 Å². The molecule has 0 radical (unpaired) electrons. The number of rotatable bonds is 7. The predicted molar refractivity (Wildman–Crippen MR) is 95.8 cm³/mol. The molecule has 2 unspecified atom stereocenters. The third-order valence-electron chi connectivity index (χ3n) is 5.33. The molecule has 2 heterocycles. The minimum absolute atomic E-state index is 0.555. The number of nitrogens with zero attached hydrogens (tertiary/aromatic N) is 1. The van der Waals surface area contributed by atoms with E-state index in [1.807, 2.05) is 6.08 Å². The Morgan fingerprint density at radius 1 is 1.36 bits per heavy atom. The van der Waals surface area contributed by atoms with Crippen molar-refractivity contribution in [3.63, 3.8) is 0 Å². The van der Waals surface area contributed by atoms with Crippen LogP contribution in [0, 0.1) is 11.8 Å². The van der Waals surface area contributed by atoms with E-state index >= 15 is 0 Å². The molecule has 0 aliphatic carbocycles. The highest BCUT2D eigenvalue weighted by molar-refractivity contribution is 5.38.